The SMILES string of the molecule is CCCC/C(O)=C1\C(=O)CC(C)(C)CC1=Nc1ccc([N+](=O)[O-])cc1. The number of ketones is 1. The number of nitro groups is 1. The summed E-state index contributed by atoms with van der Waals surface area (Å²) >= 11 is 0. The molecule has 0 radical (unpaired) electrons. The highest BCUT2D eigenvalue weighted by atomic mass is 16.6. The third kappa shape index (κ3) is 4.75. The van der Waals surface area contributed by atoms with Crippen LogP contribution in [0.5, 0.6) is 0 Å². The van der Waals surface area contributed by atoms with Gasteiger partial charge in [0.1, 0.15) is 5.76 Å². The van der Waals surface area contributed by atoms with E-state index in [1.165, 1.54) is 12.1 Å². The summed E-state index contributed by atoms with van der Waals surface area (Å²) in [5, 5.41) is 21.2. The number of hydrogen-bond acceptors (Lipinski definition) is 5. The van der Waals surface area contributed by atoms with Crippen LogP contribution in [0.1, 0.15) is 52.9 Å². The molecule has 0 spiro atoms. The summed E-state index contributed by atoms with van der Waals surface area (Å²) in [7, 11) is 0. The summed E-state index contributed by atoms with van der Waals surface area (Å²) in [6.07, 6.45) is 3.12. The Kier molecular flexibility index (Phi) is 5.72. The monoisotopic (exact) mass is 344 g/mol. The fourth-order valence-electron chi connectivity index (χ4n) is 2.99. The molecular formula is C19H24N2O4. The normalized spacial score (nSPS) is 20.6. The number of carbonyl (C=O) groups excluding carboxylic acids is 1. The predicted molar refractivity (Wildman–Crippen MR) is 97.4 cm³/mol. The number of unbranched alkanes of at least 4 members (excludes halogenated alkanes) is 1. The van der Waals surface area contributed by atoms with Gasteiger partial charge in [0.05, 0.1) is 21.9 Å². The average Bonchev–Trinajstić information content (AvgIpc) is 2.51. The van der Waals surface area contributed by atoms with Crippen LogP contribution in [-0.2, 0) is 4.79 Å². The Morgan fingerprint density at radius 1 is 1.28 bits per heavy atom. The van der Waals surface area contributed by atoms with Crippen molar-refractivity contribution in [2.45, 2.75) is 52.9 Å². The van der Waals surface area contributed by atoms with Crippen molar-refractivity contribution in [3.8, 4) is 0 Å². The van der Waals surface area contributed by atoms with Gasteiger partial charge in [0.15, 0.2) is 5.78 Å². The molecule has 0 aliphatic heterocycles. The maximum Gasteiger partial charge on any atom is 0.269 e. The highest BCUT2D eigenvalue weighted by molar-refractivity contribution is 6.25. The largest absolute Gasteiger partial charge is 0.511 e. The number of rotatable bonds is 5. The van der Waals surface area contributed by atoms with E-state index in [4.69, 9.17) is 0 Å². The van der Waals surface area contributed by atoms with Crippen molar-refractivity contribution in [2.24, 2.45) is 10.4 Å². The van der Waals surface area contributed by atoms with E-state index in [2.05, 4.69) is 4.99 Å². The summed E-state index contributed by atoms with van der Waals surface area (Å²) in [5.41, 5.74) is 1.18. The number of allylic oxidation sites excluding steroid dienone is 2. The van der Waals surface area contributed by atoms with Crippen LogP contribution in [0.25, 0.3) is 0 Å². The quantitative estimate of drug-likeness (QED) is 0.350. The van der Waals surface area contributed by atoms with Crippen LogP contribution in [0.3, 0.4) is 0 Å². The first kappa shape index (κ1) is 18.8. The Balaban J connectivity index is 2.43. The fraction of sp³-hybridized carbons (Fsp3) is 0.474. The van der Waals surface area contributed by atoms with Gasteiger partial charge < -0.3 is 5.11 Å². The van der Waals surface area contributed by atoms with E-state index in [1.54, 1.807) is 12.1 Å². The second-order valence-corrected chi connectivity index (χ2v) is 7.20. The zero-order chi connectivity index (χ0) is 18.6. The summed E-state index contributed by atoms with van der Waals surface area (Å²) in [5.74, 6) is 0.00789. The van der Waals surface area contributed by atoms with Crippen molar-refractivity contribution in [3.63, 3.8) is 0 Å². The first-order chi connectivity index (χ1) is 11.7. The van der Waals surface area contributed by atoms with Gasteiger partial charge in [-0.25, -0.2) is 0 Å². The second-order valence-electron chi connectivity index (χ2n) is 7.20. The molecule has 2 rings (SSSR count). The number of aliphatic imine (C=N–C) groups is 1. The van der Waals surface area contributed by atoms with Crippen molar-refractivity contribution in [2.75, 3.05) is 0 Å². The third-order valence-corrected chi connectivity index (χ3v) is 4.23. The Morgan fingerprint density at radius 2 is 1.92 bits per heavy atom. The van der Waals surface area contributed by atoms with Crippen LogP contribution < -0.4 is 0 Å². The number of Topliss-reactive ketones (excluding diaryl/α,β-unsaturated/α-hetero) is 1. The molecule has 1 aromatic rings. The fourth-order valence-corrected chi connectivity index (χ4v) is 2.99. The number of benzene rings is 1. The van der Waals surface area contributed by atoms with Crippen molar-refractivity contribution in [1.29, 1.82) is 0 Å². The Bertz CT molecular complexity index is 730. The highest BCUT2D eigenvalue weighted by Gasteiger charge is 2.36. The lowest BCUT2D eigenvalue weighted by Crippen LogP contribution is -2.32. The van der Waals surface area contributed by atoms with Gasteiger partial charge in [0.2, 0.25) is 0 Å². The van der Waals surface area contributed by atoms with Gasteiger partial charge in [-0.2, -0.15) is 0 Å². The molecule has 6 nitrogen and oxygen atoms in total. The van der Waals surface area contributed by atoms with E-state index in [9.17, 15) is 20.0 Å². The molecule has 1 saturated carbocycles. The minimum absolute atomic E-state index is 0.00874. The summed E-state index contributed by atoms with van der Waals surface area (Å²) in [4.78, 5) is 27.4. The van der Waals surface area contributed by atoms with Crippen molar-refractivity contribution < 1.29 is 14.8 Å². The lowest BCUT2D eigenvalue weighted by molar-refractivity contribution is -0.384. The number of hydrogen-bond donors (Lipinski definition) is 1. The number of nitro benzene ring substituents is 1. The third-order valence-electron chi connectivity index (χ3n) is 4.23. The molecule has 6 heteroatoms. The number of non-ortho nitro benzene ring substituents is 1. The van der Waals surface area contributed by atoms with Gasteiger partial charge in [0, 0.05) is 25.0 Å². The van der Waals surface area contributed by atoms with E-state index in [-0.39, 0.29) is 22.6 Å². The standard InChI is InChI=1S/C19H24N2O4/c1-4-5-6-16(22)18-15(11-19(2,3)12-17(18)23)20-13-7-9-14(10-8-13)21(24)25/h7-10,22H,4-6,11-12H2,1-3H3/b18-16+,20-15?. The maximum atomic E-state index is 12.6. The van der Waals surface area contributed by atoms with Gasteiger partial charge in [-0.3, -0.25) is 19.9 Å². The minimum atomic E-state index is -0.466. The van der Waals surface area contributed by atoms with Crippen LogP contribution in [0.2, 0.25) is 0 Å². The zero-order valence-electron chi connectivity index (χ0n) is 14.9. The van der Waals surface area contributed by atoms with E-state index in [1.807, 2.05) is 20.8 Å². The summed E-state index contributed by atoms with van der Waals surface area (Å²) in [6.45, 7) is 6.02. The lowest BCUT2D eigenvalue weighted by Gasteiger charge is -2.31. The molecular weight excluding hydrogens is 320 g/mol. The van der Waals surface area contributed by atoms with Crippen molar-refractivity contribution in [3.05, 3.63) is 45.7 Å². The van der Waals surface area contributed by atoms with Gasteiger partial charge >= 0.3 is 0 Å². The Hall–Kier alpha value is -2.50. The lowest BCUT2D eigenvalue weighted by atomic mass is 9.73. The van der Waals surface area contributed by atoms with Crippen LogP contribution in [-0.4, -0.2) is 21.5 Å². The van der Waals surface area contributed by atoms with E-state index in [0.717, 1.165) is 12.8 Å². The molecule has 0 heterocycles. The first-order valence-corrected chi connectivity index (χ1v) is 8.51. The molecule has 0 saturated heterocycles. The summed E-state index contributed by atoms with van der Waals surface area (Å²) < 4.78 is 0. The van der Waals surface area contributed by atoms with Gasteiger partial charge in [0.25, 0.3) is 5.69 Å². The molecule has 1 fully saturated rings. The van der Waals surface area contributed by atoms with E-state index < -0.39 is 4.92 Å². The topological polar surface area (TPSA) is 92.8 Å². The van der Waals surface area contributed by atoms with Crippen LogP contribution in [0.15, 0.2) is 40.6 Å². The van der Waals surface area contributed by atoms with E-state index >= 15 is 0 Å². The molecule has 1 aromatic carbocycles. The van der Waals surface area contributed by atoms with Gasteiger partial charge in [-0.15, -0.1) is 0 Å². The van der Waals surface area contributed by atoms with Crippen molar-refractivity contribution >= 4 is 22.9 Å². The molecule has 1 N–H and O–H groups in total. The zero-order valence-corrected chi connectivity index (χ0v) is 14.9. The molecule has 134 valence electrons. The highest BCUT2D eigenvalue weighted by Crippen LogP contribution is 2.37. The molecule has 0 bridgehead atoms. The molecule has 0 amide bonds. The number of nitrogens with zero attached hydrogens (tertiary/aromatic N) is 2. The Labute approximate surface area is 147 Å². The maximum absolute atomic E-state index is 12.6. The number of aliphatic hydroxyl groups is 1. The van der Waals surface area contributed by atoms with Gasteiger partial charge in [-0.1, -0.05) is 27.2 Å². The van der Waals surface area contributed by atoms with E-state index in [0.29, 0.717) is 36.2 Å². The van der Waals surface area contributed by atoms with Crippen LogP contribution in [0.4, 0.5) is 11.4 Å². The number of carbonyl (C=O) groups is 1. The van der Waals surface area contributed by atoms with Crippen molar-refractivity contribution in [1.82, 2.24) is 0 Å². The molecule has 1 aliphatic carbocycles. The second kappa shape index (κ2) is 7.59. The Morgan fingerprint density at radius 3 is 2.48 bits per heavy atom. The molecule has 0 atom stereocenters. The van der Waals surface area contributed by atoms with Gasteiger partial charge in [-0.05, 0) is 30.4 Å². The van der Waals surface area contributed by atoms with Crippen LogP contribution in [0, 0.1) is 15.5 Å². The molecule has 1 aliphatic rings. The smallest absolute Gasteiger partial charge is 0.269 e. The summed E-state index contributed by atoms with van der Waals surface area (Å²) in [6, 6.07) is 5.88. The van der Waals surface area contributed by atoms with Crippen LogP contribution >= 0.6 is 0 Å². The molecule has 0 unspecified atom stereocenters. The molecule has 25 heavy (non-hydrogen) atoms. The predicted octanol–water partition coefficient (Wildman–Crippen LogP) is 5.06. The average molecular weight is 344 g/mol. The molecule has 0 aromatic heterocycles. The first-order valence-electron chi connectivity index (χ1n) is 8.51. The number of aliphatic hydroxyl groups excluding tert-OH is 1. The minimum Gasteiger partial charge on any atom is -0.511 e.